The summed E-state index contributed by atoms with van der Waals surface area (Å²) >= 11 is 1.43. The van der Waals surface area contributed by atoms with Crippen LogP contribution >= 0.6 is 11.3 Å². The predicted octanol–water partition coefficient (Wildman–Crippen LogP) is 4.05. The largest absolute Gasteiger partial charge is 0.344 e. The molecule has 30 heavy (non-hydrogen) atoms. The van der Waals surface area contributed by atoms with E-state index in [1.165, 1.54) is 33.8 Å². The van der Waals surface area contributed by atoms with Crippen molar-refractivity contribution in [2.75, 3.05) is 11.4 Å². The number of thiazole rings is 1. The Morgan fingerprint density at radius 2 is 1.93 bits per heavy atom. The van der Waals surface area contributed by atoms with E-state index in [0.717, 1.165) is 29.6 Å². The standard InChI is InChI=1S/C25H26N4S/c1-24(2,3)22-19(30-23(28-22)17(14-26)15-27)11-12-20-25(4,5)18-10-6-8-16-9-7-13-29(20)21(16)18/h6,8,10-12H,7,9,13H2,1-5H3. The molecule has 4 nitrogen and oxygen atoms in total. The molecule has 3 heterocycles. The van der Waals surface area contributed by atoms with Crippen LogP contribution in [0.25, 0.3) is 11.6 Å². The van der Waals surface area contributed by atoms with Crippen molar-refractivity contribution in [3.8, 4) is 12.1 Å². The summed E-state index contributed by atoms with van der Waals surface area (Å²) in [6.45, 7) is 12.0. The smallest absolute Gasteiger partial charge is 0.165 e. The first-order chi connectivity index (χ1) is 14.2. The molecule has 0 saturated carbocycles. The monoisotopic (exact) mass is 414 g/mol. The third-order valence-electron chi connectivity index (χ3n) is 6.02. The van der Waals surface area contributed by atoms with Crippen LogP contribution in [0.3, 0.4) is 0 Å². The molecule has 0 amide bonds. The summed E-state index contributed by atoms with van der Waals surface area (Å²) in [5.74, 6) is 0. The van der Waals surface area contributed by atoms with Crippen LogP contribution in [0.2, 0.25) is 0 Å². The summed E-state index contributed by atoms with van der Waals surface area (Å²) in [7, 11) is 0. The zero-order chi connectivity index (χ0) is 21.7. The molecule has 4 rings (SSSR count). The van der Waals surface area contributed by atoms with E-state index in [0.29, 0.717) is 4.66 Å². The Hall–Kier alpha value is -2.89. The van der Waals surface area contributed by atoms with Crippen LogP contribution in [-0.4, -0.2) is 11.5 Å². The topological polar surface area (TPSA) is 63.7 Å². The van der Waals surface area contributed by atoms with Crippen molar-refractivity contribution in [3.63, 3.8) is 0 Å². The fraction of sp³-hybridized carbons (Fsp3) is 0.400. The molecule has 0 atom stereocenters. The van der Waals surface area contributed by atoms with Gasteiger partial charge in [0.25, 0.3) is 0 Å². The quantitative estimate of drug-likeness (QED) is 0.706. The van der Waals surface area contributed by atoms with Crippen LogP contribution in [-0.2, 0) is 17.3 Å². The molecule has 0 aliphatic carbocycles. The Morgan fingerprint density at radius 3 is 2.60 bits per heavy atom. The number of hydrogen-bond acceptors (Lipinski definition) is 5. The Bertz CT molecular complexity index is 1240. The van der Waals surface area contributed by atoms with E-state index in [1.54, 1.807) is 0 Å². The Labute approximate surface area is 182 Å². The van der Waals surface area contributed by atoms with Crippen LogP contribution in [0.15, 0.2) is 30.0 Å². The normalized spacial score (nSPS) is 18.8. The number of rotatable bonds is 1. The lowest BCUT2D eigenvalue weighted by Crippen LogP contribution is -2.29. The van der Waals surface area contributed by atoms with Gasteiger partial charge in [0, 0.05) is 28.8 Å². The molecule has 0 fully saturated rings. The van der Waals surface area contributed by atoms with Gasteiger partial charge in [0.15, 0.2) is 5.57 Å². The summed E-state index contributed by atoms with van der Waals surface area (Å²) in [5, 5.41) is 18.6. The van der Waals surface area contributed by atoms with E-state index < -0.39 is 0 Å². The molecule has 1 aromatic heterocycles. The molecule has 152 valence electrons. The van der Waals surface area contributed by atoms with E-state index in [2.05, 4.69) is 74.9 Å². The maximum absolute atomic E-state index is 9.28. The molecule has 0 spiro atoms. The van der Waals surface area contributed by atoms with Gasteiger partial charge in [0.05, 0.1) is 10.2 Å². The highest BCUT2D eigenvalue weighted by Crippen LogP contribution is 2.50. The lowest BCUT2D eigenvalue weighted by molar-refractivity contribution is 0.568. The van der Waals surface area contributed by atoms with E-state index in [9.17, 15) is 10.5 Å². The molecular weight excluding hydrogens is 388 g/mol. The molecule has 0 saturated heterocycles. The van der Waals surface area contributed by atoms with E-state index in [-0.39, 0.29) is 16.4 Å². The second kappa shape index (κ2) is 7.11. The number of allylic oxidation sites excluding steroid dienone is 2. The number of aryl methyl sites for hydroxylation is 1. The highest BCUT2D eigenvalue weighted by atomic mass is 32.1. The van der Waals surface area contributed by atoms with Gasteiger partial charge in [0.1, 0.15) is 16.8 Å². The van der Waals surface area contributed by atoms with Crippen LogP contribution in [0, 0.1) is 22.7 Å². The number of hydrogen-bond donors (Lipinski definition) is 0. The van der Waals surface area contributed by atoms with Gasteiger partial charge in [-0.1, -0.05) is 52.8 Å². The van der Waals surface area contributed by atoms with Gasteiger partial charge in [-0.25, -0.2) is 4.98 Å². The third-order valence-corrected chi connectivity index (χ3v) is 7.05. The van der Waals surface area contributed by atoms with Crippen LogP contribution < -0.4 is 14.1 Å². The number of aromatic nitrogens is 1. The predicted molar refractivity (Wildman–Crippen MR) is 122 cm³/mol. The molecule has 0 unspecified atom stereocenters. The number of nitrogens with zero attached hydrogens (tertiary/aromatic N) is 4. The van der Waals surface area contributed by atoms with Crippen molar-refractivity contribution < 1.29 is 0 Å². The van der Waals surface area contributed by atoms with E-state index >= 15 is 0 Å². The molecular formula is C25H26N4S. The molecule has 5 heteroatoms. The van der Waals surface area contributed by atoms with E-state index in [4.69, 9.17) is 0 Å². The van der Waals surface area contributed by atoms with Crippen molar-refractivity contribution in [2.45, 2.75) is 58.3 Å². The van der Waals surface area contributed by atoms with Gasteiger partial charge < -0.3 is 4.90 Å². The SMILES string of the molecule is CC(C)(C)c1nc(=C(C#N)C#N)sc1=CC=C1N2CCCc3cccc(c32)C1(C)C. The molecule has 2 aromatic rings. The maximum atomic E-state index is 9.28. The number of anilines is 1. The zero-order valence-corrected chi connectivity index (χ0v) is 19.0. The van der Waals surface area contributed by atoms with Gasteiger partial charge in [0.2, 0.25) is 0 Å². The zero-order valence-electron chi connectivity index (χ0n) is 18.2. The molecule has 2 aliphatic rings. The first kappa shape index (κ1) is 20.4. The van der Waals surface area contributed by atoms with Gasteiger partial charge in [-0.15, -0.1) is 11.3 Å². The Kier molecular flexibility index (Phi) is 4.83. The third kappa shape index (κ3) is 3.15. The van der Waals surface area contributed by atoms with Gasteiger partial charge in [-0.3, -0.25) is 0 Å². The molecule has 0 radical (unpaired) electrons. The van der Waals surface area contributed by atoms with Crippen molar-refractivity contribution in [1.29, 1.82) is 10.5 Å². The van der Waals surface area contributed by atoms with Gasteiger partial charge in [-0.05, 0) is 36.1 Å². The molecule has 0 bridgehead atoms. The van der Waals surface area contributed by atoms with Crippen LogP contribution in [0.4, 0.5) is 5.69 Å². The minimum Gasteiger partial charge on any atom is -0.344 e. The Morgan fingerprint density at radius 1 is 1.20 bits per heavy atom. The van der Waals surface area contributed by atoms with Crippen LogP contribution in [0.5, 0.6) is 0 Å². The fourth-order valence-corrected chi connectivity index (χ4v) is 5.66. The van der Waals surface area contributed by atoms with Gasteiger partial charge in [-0.2, -0.15) is 10.5 Å². The molecule has 0 N–H and O–H groups in total. The molecule has 1 aromatic carbocycles. The fourth-order valence-electron chi connectivity index (χ4n) is 4.53. The first-order valence-electron chi connectivity index (χ1n) is 10.3. The number of nitriles is 2. The second-order valence-electron chi connectivity index (χ2n) is 9.49. The minimum absolute atomic E-state index is 0.0712. The average molecular weight is 415 g/mol. The number of benzene rings is 1. The number of para-hydroxylation sites is 1. The highest BCUT2D eigenvalue weighted by molar-refractivity contribution is 7.07. The lowest BCUT2D eigenvalue weighted by atomic mass is 9.83. The average Bonchev–Trinajstić information content (AvgIpc) is 3.21. The molecule has 2 aliphatic heterocycles. The first-order valence-corrected chi connectivity index (χ1v) is 11.1. The van der Waals surface area contributed by atoms with Crippen molar-refractivity contribution in [2.24, 2.45) is 0 Å². The van der Waals surface area contributed by atoms with E-state index in [1.807, 2.05) is 12.1 Å². The van der Waals surface area contributed by atoms with Crippen molar-refractivity contribution >= 4 is 28.7 Å². The lowest BCUT2D eigenvalue weighted by Gasteiger charge is -2.30. The highest BCUT2D eigenvalue weighted by Gasteiger charge is 2.41. The van der Waals surface area contributed by atoms with Crippen LogP contribution in [0.1, 0.15) is 57.9 Å². The van der Waals surface area contributed by atoms with Gasteiger partial charge >= 0.3 is 0 Å². The maximum Gasteiger partial charge on any atom is 0.165 e. The summed E-state index contributed by atoms with van der Waals surface area (Å²) < 4.78 is 1.51. The summed E-state index contributed by atoms with van der Waals surface area (Å²) in [6, 6.07) is 10.6. The summed E-state index contributed by atoms with van der Waals surface area (Å²) in [4.78, 5) is 7.15. The minimum atomic E-state index is -0.179. The summed E-state index contributed by atoms with van der Waals surface area (Å²) in [6.07, 6.45) is 6.65. The Balaban J connectivity index is 1.92. The van der Waals surface area contributed by atoms with Crippen molar-refractivity contribution in [1.82, 2.24) is 4.98 Å². The van der Waals surface area contributed by atoms with Crippen molar-refractivity contribution in [3.05, 3.63) is 56.0 Å². The summed E-state index contributed by atoms with van der Waals surface area (Å²) in [5.41, 5.74) is 6.27. The second-order valence-corrected chi connectivity index (χ2v) is 10.5.